The first-order valence-electron chi connectivity index (χ1n) is 11.6. The molecule has 2 aromatic heterocycles. The minimum Gasteiger partial charge on any atom is -0.457 e. The molecular formula is C26H27N7O2. The van der Waals surface area contributed by atoms with Gasteiger partial charge in [0.2, 0.25) is 5.91 Å². The van der Waals surface area contributed by atoms with Gasteiger partial charge in [-0.25, -0.2) is 14.6 Å². The Morgan fingerprint density at radius 2 is 1.86 bits per heavy atom. The van der Waals surface area contributed by atoms with Crippen LogP contribution in [0.3, 0.4) is 0 Å². The van der Waals surface area contributed by atoms with E-state index in [0.29, 0.717) is 42.2 Å². The topological polar surface area (TPSA) is 125 Å². The predicted octanol–water partition coefficient (Wildman–Crippen LogP) is 3.55. The molecule has 9 nitrogen and oxygen atoms in total. The fourth-order valence-corrected chi connectivity index (χ4v) is 4.39. The van der Waals surface area contributed by atoms with Crippen LogP contribution in [0.2, 0.25) is 0 Å². The summed E-state index contributed by atoms with van der Waals surface area (Å²) in [5.41, 5.74) is 14.0. The summed E-state index contributed by atoms with van der Waals surface area (Å²) in [6.07, 6.45) is 6.41. The van der Waals surface area contributed by atoms with E-state index in [9.17, 15) is 4.79 Å². The van der Waals surface area contributed by atoms with Gasteiger partial charge < -0.3 is 21.1 Å². The van der Waals surface area contributed by atoms with Gasteiger partial charge in [0.15, 0.2) is 5.65 Å². The highest BCUT2D eigenvalue weighted by molar-refractivity contribution is 5.98. The van der Waals surface area contributed by atoms with E-state index < -0.39 is 0 Å². The molecule has 0 aliphatic carbocycles. The zero-order valence-electron chi connectivity index (χ0n) is 19.2. The van der Waals surface area contributed by atoms with Crippen LogP contribution in [0.1, 0.15) is 18.9 Å². The number of hydrogen-bond acceptors (Lipinski definition) is 7. The van der Waals surface area contributed by atoms with Crippen molar-refractivity contribution in [1.29, 1.82) is 0 Å². The maximum atomic E-state index is 12.5. The third-order valence-corrected chi connectivity index (χ3v) is 6.08. The van der Waals surface area contributed by atoms with Crippen LogP contribution in [-0.4, -0.2) is 50.2 Å². The summed E-state index contributed by atoms with van der Waals surface area (Å²) < 4.78 is 7.81. The molecule has 4 aromatic rings. The molecule has 5 rings (SSSR count). The molecule has 1 aliphatic rings. The van der Waals surface area contributed by atoms with Crippen molar-refractivity contribution in [3.63, 3.8) is 0 Å². The van der Waals surface area contributed by atoms with E-state index in [-0.39, 0.29) is 11.9 Å². The zero-order valence-corrected chi connectivity index (χ0v) is 19.2. The largest absolute Gasteiger partial charge is 0.457 e. The van der Waals surface area contributed by atoms with Gasteiger partial charge in [-0.15, -0.1) is 0 Å². The lowest BCUT2D eigenvalue weighted by atomic mass is 10.1. The molecule has 178 valence electrons. The van der Waals surface area contributed by atoms with E-state index in [4.69, 9.17) is 21.3 Å². The van der Waals surface area contributed by atoms with Crippen LogP contribution >= 0.6 is 0 Å². The Morgan fingerprint density at radius 3 is 2.63 bits per heavy atom. The summed E-state index contributed by atoms with van der Waals surface area (Å²) >= 11 is 0. The van der Waals surface area contributed by atoms with Crippen LogP contribution in [0.4, 0.5) is 5.82 Å². The molecule has 2 aromatic carbocycles. The molecule has 9 heteroatoms. The van der Waals surface area contributed by atoms with E-state index in [1.807, 2.05) is 64.2 Å². The molecule has 1 amide bonds. The lowest BCUT2D eigenvalue weighted by Crippen LogP contribution is -2.40. The Morgan fingerprint density at radius 1 is 1.09 bits per heavy atom. The fraction of sp³-hybridized carbons (Fsp3) is 0.231. The Kier molecular flexibility index (Phi) is 6.40. The molecule has 3 heterocycles. The molecule has 4 N–H and O–H groups in total. The zero-order chi connectivity index (χ0) is 24.2. The van der Waals surface area contributed by atoms with Gasteiger partial charge in [0.1, 0.15) is 29.3 Å². The van der Waals surface area contributed by atoms with Crippen LogP contribution in [0.15, 0.2) is 73.1 Å². The second-order valence-corrected chi connectivity index (χ2v) is 8.41. The summed E-state index contributed by atoms with van der Waals surface area (Å²) in [6, 6.07) is 17.3. The summed E-state index contributed by atoms with van der Waals surface area (Å²) in [7, 11) is 0. The number of fused-ring (bicyclic) bond motifs is 1. The molecule has 1 atom stereocenters. The summed E-state index contributed by atoms with van der Waals surface area (Å²) in [5.74, 6) is 1.82. The first-order chi connectivity index (χ1) is 17.1. The number of likely N-dealkylation sites (tertiary alicyclic amines) is 1. The average molecular weight is 470 g/mol. The van der Waals surface area contributed by atoms with Crippen molar-refractivity contribution >= 4 is 22.8 Å². The molecule has 0 saturated carbocycles. The number of carbonyl (C=O) groups is 1. The standard InChI is InChI=1S/C26H27N7O2/c27-14-4-9-22(34)32-15-5-6-19(16-32)33-26-23(25(28)29-17-30-26)24(31-33)18-10-12-21(13-11-18)35-20-7-2-1-3-8-20/h1-4,7-13,17,19H,5-6,14-16,27H2,(H2,28,29,30)/b9-4+/t19-/m1/s1. The van der Waals surface area contributed by atoms with Crippen LogP contribution in [-0.2, 0) is 4.79 Å². The molecule has 35 heavy (non-hydrogen) atoms. The number of benzene rings is 2. The molecule has 1 fully saturated rings. The number of amides is 1. The molecular weight excluding hydrogens is 442 g/mol. The van der Waals surface area contributed by atoms with Crippen LogP contribution < -0.4 is 16.2 Å². The Balaban J connectivity index is 1.46. The Hall–Kier alpha value is -4.24. The van der Waals surface area contributed by atoms with Crippen LogP contribution in [0.25, 0.3) is 22.3 Å². The summed E-state index contributed by atoms with van der Waals surface area (Å²) in [5, 5.41) is 5.64. The number of hydrogen-bond donors (Lipinski definition) is 2. The second kappa shape index (κ2) is 9.94. The molecule has 0 bridgehead atoms. The summed E-state index contributed by atoms with van der Waals surface area (Å²) in [4.78, 5) is 23.1. The maximum absolute atomic E-state index is 12.5. The van der Waals surface area contributed by atoms with Gasteiger partial charge in [0, 0.05) is 31.3 Å². The van der Waals surface area contributed by atoms with Gasteiger partial charge in [-0.3, -0.25) is 4.79 Å². The van der Waals surface area contributed by atoms with Crippen LogP contribution in [0, 0.1) is 0 Å². The number of carbonyl (C=O) groups excluding carboxylic acids is 1. The highest BCUT2D eigenvalue weighted by Gasteiger charge is 2.28. The van der Waals surface area contributed by atoms with Gasteiger partial charge in [-0.1, -0.05) is 24.3 Å². The highest BCUT2D eigenvalue weighted by Crippen LogP contribution is 2.34. The van der Waals surface area contributed by atoms with Gasteiger partial charge in [-0.2, -0.15) is 5.10 Å². The smallest absolute Gasteiger partial charge is 0.246 e. The number of piperidine rings is 1. The first kappa shape index (κ1) is 22.5. The fourth-order valence-electron chi connectivity index (χ4n) is 4.39. The number of ether oxygens (including phenoxy) is 1. The third-order valence-electron chi connectivity index (χ3n) is 6.08. The predicted molar refractivity (Wildman–Crippen MR) is 135 cm³/mol. The van der Waals surface area contributed by atoms with E-state index in [2.05, 4.69) is 9.97 Å². The van der Waals surface area contributed by atoms with Crippen molar-refractivity contribution in [3.05, 3.63) is 73.1 Å². The minimum atomic E-state index is -0.0417. The minimum absolute atomic E-state index is 0.0230. The first-order valence-corrected chi connectivity index (χ1v) is 11.6. The monoisotopic (exact) mass is 469 g/mol. The van der Waals surface area contributed by atoms with Crippen molar-refractivity contribution in [2.45, 2.75) is 18.9 Å². The van der Waals surface area contributed by atoms with Crippen LogP contribution in [0.5, 0.6) is 11.5 Å². The van der Waals surface area contributed by atoms with Gasteiger partial charge in [0.25, 0.3) is 0 Å². The number of para-hydroxylation sites is 1. The normalized spacial score (nSPS) is 16.1. The number of nitrogens with two attached hydrogens (primary N) is 2. The van der Waals surface area contributed by atoms with E-state index in [0.717, 1.165) is 29.9 Å². The molecule has 0 spiro atoms. The van der Waals surface area contributed by atoms with Crippen molar-refractivity contribution in [3.8, 4) is 22.8 Å². The SMILES string of the molecule is NC/C=C/C(=O)N1CCC[C@@H](n2nc(-c3ccc(Oc4ccccc4)cc3)c3c(N)ncnc32)C1. The highest BCUT2D eigenvalue weighted by atomic mass is 16.5. The molecule has 0 unspecified atom stereocenters. The Bertz CT molecular complexity index is 1350. The second-order valence-electron chi connectivity index (χ2n) is 8.41. The van der Waals surface area contributed by atoms with Crippen molar-refractivity contribution < 1.29 is 9.53 Å². The number of rotatable bonds is 6. The number of aromatic nitrogens is 4. The lowest BCUT2D eigenvalue weighted by Gasteiger charge is -2.32. The average Bonchev–Trinajstić information content (AvgIpc) is 3.29. The molecule has 1 aliphatic heterocycles. The lowest BCUT2D eigenvalue weighted by molar-refractivity contribution is -0.127. The van der Waals surface area contributed by atoms with Crippen molar-refractivity contribution in [1.82, 2.24) is 24.6 Å². The van der Waals surface area contributed by atoms with Crippen molar-refractivity contribution in [2.24, 2.45) is 5.73 Å². The van der Waals surface area contributed by atoms with E-state index in [1.54, 1.807) is 6.08 Å². The quantitative estimate of drug-likeness (QED) is 0.414. The van der Waals surface area contributed by atoms with Gasteiger partial charge in [-0.05, 0) is 49.2 Å². The van der Waals surface area contributed by atoms with E-state index >= 15 is 0 Å². The van der Waals surface area contributed by atoms with Gasteiger partial charge in [0.05, 0.1) is 11.4 Å². The third kappa shape index (κ3) is 4.71. The number of nitrogen functional groups attached to an aromatic ring is 1. The van der Waals surface area contributed by atoms with Gasteiger partial charge >= 0.3 is 0 Å². The summed E-state index contributed by atoms with van der Waals surface area (Å²) in [6.45, 7) is 1.58. The number of anilines is 1. The number of nitrogens with zero attached hydrogens (tertiary/aromatic N) is 5. The van der Waals surface area contributed by atoms with E-state index in [1.165, 1.54) is 12.4 Å². The molecule has 0 radical (unpaired) electrons. The maximum Gasteiger partial charge on any atom is 0.246 e. The van der Waals surface area contributed by atoms with Crippen molar-refractivity contribution in [2.75, 3.05) is 25.4 Å². The molecule has 1 saturated heterocycles. The Labute approximate surface area is 203 Å².